The summed E-state index contributed by atoms with van der Waals surface area (Å²) in [7, 11) is 0. The molecule has 17 heavy (non-hydrogen) atoms. The predicted molar refractivity (Wildman–Crippen MR) is 64.8 cm³/mol. The predicted octanol–water partition coefficient (Wildman–Crippen LogP) is 2.75. The van der Waals surface area contributed by atoms with Crippen LogP contribution in [0.25, 0.3) is 11.4 Å². The normalized spacial score (nSPS) is 10.8. The van der Waals surface area contributed by atoms with Crippen LogP contribution in [0.15, 0.2) is 27.2 Å². The number of nitrogens with zero attached hydrogens (tertiary/aromatic N) is 2. The number of aromatic nitrogens is 2. The average molecular weight is 300 g/mol. The van der Waals surface area contributed by atoms with Gasteiger partial charge in [-0.25, -0.2) is 4.39 Å². The number of nitrogens with one attached hydrogen (secondary N) is 1. The molecule has 0 bridgehead atoms. The topological polar surface area (TPSA) is 51.0 Å². The van der Waals surface area contributed by atoms with E-state index in [9.17, 15) is 4.39 Å². The van der Waals surface area contributed by atoms with Crippen LogP contribution in [0.2, 0.25) is 0 Å². The molecule has 0 fully saturated rings. The molecule has 1 heterocycles. The highest BCUT2D eigenvalue weighted by molar-refractivity contribution is 9.10. The first kappa shape index (κ1) is 12.2. The van der Waals surface area contributed by atoms with E-state index in [0.717, 1.165) is 6.54 Å². The molecular formula is C11H11BrFN3O. The van der Waals surface area contributed by atoms with Crippen LogP contribution < -0.4 is 5.32 Å². The van der Waals surface area contributed by atoms with Crippen molar-refractivity contribution in [1.82, 2.24) is 15.5 Å². The standard InChI is InChI=1S/C11H11BrFN3O/c1-2-14-6-10-15-11(16-17-10)7-3-4-9(13)8(12)5-7/h3-5,14H,2,6H2,1H3. The monoisotopic (exact) mass is 299 g/mol. The van der Waals surface area contributed by atoms with Gasteiger partial charge in [-0.3, -0.25) is 0 Å². The Kier molecular flexibility index (Phi) is 3.86. The van der Waals surface area contributed by atoms with Gasteiger partial charge in [-0.2, -0.15) is 4.98 Å². The van der Waals surface area contributed by atoms with Crippen molar-refractivity contribution >= 4 is 15.9 Å². The number of benzene rings is 1. The second-order valence-electron chi connectivity index (χ2n) is 3.42. The minimum atomic E-state index is -0.315. The van der Waals surface area contributed by atoms with Crippen LogP contribution >= 0.6 is 15.9 Å². The van der Waals surface area contributed by atoms with Crippen LogP contribution in [0, 0.1) is 5.82 Å². The van der Waals surface area contributed by atoms with E-state index in [4.69, 9.17) is 4.52 Å². The van der Waals surface area contributed by atoms with Crippen molar-refractivity contribution in [3.63, 3.8) is 0 Å². The van der Waals surface area contributed by atoms with Crippen molar-refractivity contribution in [2.45, 2.75) is 13.5 Å². The summed E-state index contributed by atoms with van der Waals surface area (Å²) in [5, 5.41) is 6.93. The van der Waals surface area contributed by atoms with E-state index < -0.39 is 0 Å². The molecule has 0 spiro atoms. The molecule has 2 aromatic rings. The van der Waals surface area contributed by atoms with Crippen molar-refractivity contribution < 1.29 is 8.91 Å². The van der Waals surface area contributed by atoms with Gasteiger partial charge in [-0.15, -0.1) is 0 Å². The highest BCUT2D eigenvalue weighted by Crippen LogP contribution is 2.23. The van der Waals surface area contributed by atoms with Crippen molar-refractivity contribution in [3.8, 4) is 11.4 Å². The first-order valence-electron chi connectivity index (χ1n) is 5.19. The Bertz CT molecular complexity index is 515. The average Bonchev–Trinajstić information content (AvgIpc) is 2.79. The third-order valence-corrected chi connectivity index (χ3v) is 2.78. The van der Waals surface area contributed by atoms with E-state index in [1.54, 1.807) is 12.1 Å². The third kappa shape index (κ3) is 2.89. The first-order chi connectivity index (χ1) is 8.20. The van der Waals surface area contributed by atoms with Crippen molar-refractivity contribution in [3.05, 3.63) is 34.4 Å². The zero-order chi connectivity index (χ0) is 12.3. The molecular weight excluding hydrogens is 289 g/mol. The smallest absolute Gasteiger partial charge is 0.240 e. The quantitative estimate of drug-likeness (QED) is 0.943. The van der Waals surface area contributed by atoms with Gasteiger partial charge in [0.2, 0.25) is 11.7 Å². The fourth-order valence-electron chi connectivity index (χ4n) is 1.31. The molecule has 1 N–H and O–H groups in total. The minimum absolute atomic E-state index is 0.315. The minimum Gasteiger partial charge on any atom is -0.338 e. The maximum absolute atomic E-state index is 13.1. The molecule has 1 aromatic carbocycles. The summed E-state index contributed by atoms with van der Waals surface area (Å²) >= 11 is 3.12. The van der Waals surface area contributed by atoms with E-state index in [-0.39, 0.29) is 5.82 Å². The van der Waals surface area contributed by atoms with Gasteiger partial charge in [0, 0.05) is 5.56 Å². The van der Waals surface area contributed by atoms with Crippen molar-refractivity contribution in [2.24, 2.45) is 0 Å². The van der Waals surface area contributed by atoms with E-state index in [1.807, 2.05) is 6.92 Å². The molecule has 1 aromatic heterocycles. The van der Waals surface area contributed by atoms with Gasteiger partial charge in [0.1, 0.15) is 5.82 Å². The molecule has 2 rings (SSSR count). The molecule has 0 aliphatic carbocycles. The molecule has 0 aliphatic heterocycles. The lowest BCUT2D eigenvalue weighted by atomic mass is 10.2. The van der Waals surface area contributed by atoms with Gasteiger partial charge in [0.15, 0.2) is 0 Å². The summed E-state index contributed by atoms with van der Waals surface area (Å²) in [4.78, 5) is 4.21. The second kappa shape index (κ2) is 5.37. The van der Waals surface area contributed by atoms with Crippen LogP contribution in [0.3, 0.4) is 0 Å². The lowest BCUT2D eigenvalue weighted by Gasteiger charge is -1.96. The molecule has 90 valence electrons. The van der Waals surface area contributed by atoms with Gasteiger partial charge in [-0.1, -0.05) is 12.1 Å². The molecule has 0 amide bonds. The molecule has 0 saturated heterocycles. The summed E-state index contributed by atoms with van der Waals surface area (Å²) in [6.45, 7) is 3.36. The second-order valence-corrected chi connectivity index (χ2v) is 4.28. The van der Waals surface area contributed by atoms with Gasteiger partial charge in [0.25, 0.3) is 0 Å². The molecule has 6 heteroatoms. The lowest BCUT2D eigenvalue weighted by molar-refractivity contribution is 0.369. The number of hydrogen-bond acceptors (Lipinski definition) is 4. The van der Waals surface area contributed by atoms with Crippen LogP contribution in [-0.2, 0) is 6.54 Å². The Balaban J connectivity index is 2.21. The highest BCUT2D eigenvalue weighted by atomic mass is 79.9. The van der Waals surface area contributed by atoms with Gasteiger partial charge in [-0.05, 0) is 40.7 Å². The van der Waals surface area contributed by atoms with Crippen LogP contribution in [0.5, 0.6) is 0 Å². The van der Waals surface area contributed by atoms with Gasteiger partial charge >= 0.3 is 0 Å². The molecule has 0 saturated carbocycles. The zero-order valence-electron chi connectivity index (χ0n) is 9.20. The third-order valence-electron chi connectivity index (χ3n) is 2.17. The Morgan fingerprint density at radius 1 is 1.47 bits per heavy atom. The number of rotatable bonds is 4. The Labute approximate surface area is 106 Å². The lowest BCUT2D eigenvalue weighted by Crippen LogP contribution is -2.11. The molecule has 0 atom stereocenters. The fourth-order valence-corrected chi connectivity index (χ4v) is 1.69. The van der Waals surface area contributed by atoms with Crippen molar-refractivity contribution in [2.75, 3.05) is 6.54 Å². The van der Waals surface area contributed by atoms with Gasteiger partial charge in [0.05, 0.1) is 11.0 Å². The summed E-state index contributed by atoms with van der Waals surface area (Å²) in [6.07, 6.45) is 0. The van der Waals surface area contributed by atoms with E-state index in [1.165, 1.54) is 6.07 Å². The van der Waals surface area contributed by atoms with Crippen LogP contribution in [0.1, 0.15) is 12.8 Å². The Morgan fingerprint density at radius 3 is 3.00 bits per heavy atom. The maximum Gasteiger partial charge on any atom is 0.240 e. The van der Waals surface area contributed by atoms with Crippen molar-refractivity contribution in [1.29, 1.82) is 0 Å². The maximum atomic E-state index is 13.1. The number of halogens is 2. The van der Waals surface area contributed by atoms with E-state index in [0.29, 0.717) is 28.3 Å². The van der Waals surface area contributed by atoms with Crippen LogP contribution in [-0.4, -0.2) is 16.7 Å². The summed E-state index contributed by atoms with van der Waals surface area (Å²) < 4.78 is 18.5. The van der Waals surface area contributed by atoms with E-state index in [2.05, 4.69) is 31.4 Å². The summed E-state index contributed by atoms with van der Waals surface area (Å²) in [5.41, 5.74) is 0.713. The zero-order valence-corrected chi connectivity index (χ0v) is 10.8. The molecule has 4 nitrogen and oxygen atoms in total. The Hall–Kier alpha value is -1.27. The SMILES string of the molecule is CCNCc1nc(-c2ccc(F)c(Br)c2)no1. The molecule has 0 unspecified atom stereocenters. The fraction of sp³-hybridized carbons (Fsp3) is 0.273. The number of hydrogen-bond donors (Lipinski definition) is 1. The Morgan fingerprint density at radius 2 is 2.29 bits per heavy atom. The largest absolute Gasteiger partial charge is 0.338 e. The van der Waals surface area contributed by atoms with Gasteiger partial charge < -0.3 is 9.84 Å². The first-order valence-corrected chi connectivity index (χ1v) is 5.98. The highest BCUT2D eigenvalue weighted by Gasteiger charge is 2.09. The summed E-state index contributed by atoms with van der Waals surface area (Å²) in [6, 6.07) is 4.60. The van der Waals surface area contributed by atoms with E-state index >= 15 is 0 Å². The van der Waals surface area contributed by atoms with Crippen LogP contribution in [0.4, 0.5) is 4.39 Å². The summed E-state index contributed by atoms with van der Waals surface area (Å²) in [5.74, 6) is 0.658. The molecule has 0 radical (unpaired) electrons. The molecule has 0 aliphatic rings.